The van der Waals surface area contributed by atoms with Crippen LogP contribution in [0.15, 0.2) is 9.98 Å². The average Bonchev–Trinajstić information content (AvgIpc) is 2.58. The van der Waals surface area contributed by atoms with Crippen LogP contribution in [0.4, 0.5) is 5.13 Å². The number of hydrogen-bond acceptors (Lipinski definition) is 4. The number of anilines is 1. The van der Waals surface area contributed by atoms with E-state index in [1.807, 2.05) is 5.38 Å². The highest BCUT2D eigenvalue weighted by Gasteiger charge is 2.00. The van der Waals surface area contributed by atoms with Gasteiger partial charge in [0.1, 0.15) is 4.60 Å². The molecule has 0 aliphatic rings. The fraction of sp³-hybridized carbons (Fsp3) is 0.667. The van der Waals surface area contributed by atoms with E-state index in [2.05, 4.69) is 33.2 Å². The second-order valence-corrected chi connectivity index (χ2v) is 5.00. The number of rotatable bonds is 6. The number of aliphatic hydroxyl groups is 1. The third-order valence-electron chi connectivity index (χ3n) is 1.94. The van der Waals surface area contributed by atoms with Gasteiger partial charge in [-0.1, -0.05) is 6.92 Å². The summed E-state index contributed by atoms with van der Waals surface area (Å²) in [5.74, 6) is 0.403. The van der Waals surface area contributed by atoms with Gasteiger partial charge in [-0.05, 0) is 34.7 Å². The molecule has 0 radical (unpaired) electrons. The molecule has 0 aromatic carbocycles. The molecule has 1 aromatic heterocycles. The summed E-state index contributed by atoms with van der Waals surface area (Å²) in [5, 5.41) is 15.0. The van der Waals surface area contributed by atoms with Gasteiger partial charge in [-0.15, -0.1) is 11.3 Å². The minimum Gasteiger partial charge on any atom is -0.396 e. The fourth-order valence-electron chi connectivity index (χ4n) is 1.07. The second kappa shape index (κ2) is 6.37. The van der Waals surface area contributed by atoms with Crippen LogP contribution >= 0.6 is 27.3 Å². The van der Waals surface area contributed by atoms with Gasteiger partial charge >= 0.3 is 0 Å². The zero-order valence-corrected chi connectivity index (χ0v) is 10.6. The number of aromatic nitrogens is 1. The van der Waals surface area contributed by atoms with Gasteiger partial charge in [0.15, 0.2) is 5.13 Å². The largest absolute Gasteiger partial charge is 0.396 e. The van der Waals surface area contributed by atoms with Crippen molar-refractivity contribution in [1.82, 2.24) is 4.98 Å². The maximum atomic E-state index is 8.82. The van der Waals surface area contributed by atoms with E-state index in [1.54, 1.807) is 11.3 Å². The first-order chi connectivity index (χ1) is 6.72. The minimum absolute atomic E-state index is 0.281. The maximum absolute atomic E-state index is 8.82. The van der Waals surface area contributed by atoms with Crippen molar-refractivity contribution in [2.75, 3.05) is 18.5 Å². The van der Waals surface area contributed by atoms with Crippen LogP contribution in [0.1, 0.15) is 19.8 Å². The molecule has 0 aliphatic heterocycles. The van der Waals surface area contributed by atoms with Gasteiger partial charge in [-0.3, -0.25) is 0 Å². The predicted molar refractivity (Wildman–Crippen MR) is 63.8 cm³/mol. The Balaban J connectivity index is 2.10. The number of halogens is 1. The molecule has 0 amide bonds. The predicted octanol–water partition coefficient (Wildman–Crippen LogP) is 2.73. The molecule has 1 heterocycles. The van der Waals surface area contributed by atoms with Crippen LogP contribution in [0, 0.1) is 5.92 Å². The molecule has 0 spiro atoms. The number of hydrogen-bond donors (Lipinski definition) is 2. The zero-order chi connectivity index (χ0) is 10.4. The normalized spacial score (nSPS) is 12.8. The highest BCUT2D eigenvalue weighted by Crippen LogP contribution is 2.19. The number of nitrogens with one attached hydrogen (secondary N) is 1. The molecular formula is C9H15BrN2OS. The number of nitrogens with zero attached hydrogens (tertiary/aromatic N) is 1. The number of aliphatic hydroxyl groups excluding tert-OH is 1. The van der Waals surface area contributed by atoms with Crippen LogP contribution in [0.25, 0.3) is 0 Å². The lowest BCUT2D eigenvalue weighted by Gasteiger charge is -2.07. The Hall–Kier alpha value is -0.130. The van der Waals surface area contributed by atoms with E-state index < -0.39 is 0 Å². The summed E-state index contributed by atoms with van der Waals surface area (Å²) < 4.78 is 0.883. The molecule has 1 atom stereocenters. The molecule has 0 aliphatic carbocycles. The molecule has 2 N–H and O–H groups in total. The van der Waals surface area contributed by atoms with Gasteiger partial charge in [0.25, 0.3) is 0 Å². The summed E-state index contributed by atoms with van der Waals surface area (Å²) in [6.45, 7) is 3.26. The topological polar surface area (TPSA) is 45.1 Å². The Labute approximate surface area is 96.7 Å². The molecule has 1 rings (SSSR count). The van der Waals surface area contributed by atoms with Crippen molar-refractivity contribution in [3.05, 3.63) is 9.98 Å². The summed E-state index contributed by atoms with van der Waals surface area (Å²) in [6, 6.07) is 0. The van der Waals surface area contributed by atoms with Gasteiger partial charge in [-0.25, -0.2) is 4.98 Å². The van der Waals surface area contributed by atoms with E-state index in [1.165, 1.54) is 0 Å². The summed E-state index contributed by atoms with van der Waals surface area (Å²) >= 11 is 4.90. The monoisotopic (exact) mass is 278 g/mol. The van der Waals surface area contributed by atoms with Crippen LogP contribution in [-0.4, -0.2) is 23.2 Å². The van der Waals surface area contributed by atoms with Crippen molar-refractivity contribution in [2.45, 2.75) is 19.8 Å². The van der Waals surface area contributed by atoms with E-state index in [0.29, 0.717) is 5.92 Å². The van der Waals surface area contributed by atoms with Crippen LogP contribution in [-0.2, 0) is 0 Å². The van der Waals surface area contributed by atoms with Crippen molar-refractivity contribution >= 4 is 32.4 Å². The highest BCUT2D eigenvalue weighted by molar-refractivity contribution is 9.10. The molecule has 1 unspecified atom stereocenters. The van der Waals surface area contributed by atoms with Crippen molar-refractivity contribution in [1.29, 1.82) is 0 Å². The molecule has 0 fully saturated rings. The first-order valence-corrected chi connectivity index (χ1v) is 6.35. The van der Waals surface area contributed by atoms with Gasteiger partial charge in [-0.2, -0.15) is 0 Å². The Kier molecular flexibility index (Phi) is 5.44. The van der Waals surface area contributed by atoms with Crippen LogP contribution in [0.2, 0.25) is 0 Å². The summed E-state index contributed by atoms with van der Waals surface area (Å²) in [6.07, 6.45) is 2.12. The molecule has 3 nitrogen and oxygen atoms in total. The molecule has 0 saturated carbocycles. The Morgan fingerprint density at radius 1 is 1.71 bits per heavy atom. The summed E-state index contributed by atoms with van der Waals surface area (Å²) in [7, 11) is 0. The van der Waals surface area contributed by atoms with E-state index in [-0.39, 0.29) is 6.61 Å². The fourth-order valence-corrected chi connectivity index (χ4v) is 2.25. The smallest absolute Gasteiger partial charge is 0.183 e. The number of thiazole rings is 1. The van der Waals surface area contributed by atoms with Crippen molar-refractivity contribution in [3.63, 3.8) is 0 Å². The molecule has 5 heteroatoms. The lowest BCUT2D eigenvalue weighted by Crippen LogP contribution is -2.06. The van der Waals surface area contributed by atoms with Crippen LogP contribution in [0.3, 0.4) is 0 Å². The van der Waals surface area contributed by atoms with Gasteiger partial charge in [0.05, 0.1) is 0 Å². The van der Waals surface area contributed by atoms with Crippen molar-refractivity contribution in [2.24, 2.45) is 5.92 Å². The van der Waals surface area contributed by atoms with Crippen molar-refractivity contribution < 1.29 is 5.11 Å². The standard InChI is InChI=1S/C9H15BrN2OS/c1-7(5-13)3-2-4-11-9-12-8(10)6-14-9/h6-7,13H,2-5H2,1H3,(H,11,12). The van der Waals surface area contributed by atoms with E-state index >= 15 is 0 Å². The van der Waals surface area contributed by atoms with Crippen molar-refractivity contribution in [3.8, 4) is 0 Å². The van der Waals surface area contributed by atoms with E-state index in [4.69, 9.17) is 5.11 Å². The molecule has 14 heavy (non-hydrogen) atoms. The Morgan fingerprint density at radius 2 is 2.50 bits per heavy atom. The highest BCUT2D eigenvalue weighted by atomic mass is 79.9. The van der Waals surface area contributed by atoms with Crippen LogP contribution in [0.5, 0.6) is 0 Å². The second-order valence-electron chi connectivity index (χ2n) is 3.33. The maximum Gasteiger partial charge on any atom is 0.183 e. The summed E-state index contributed by atoms with van der Waals surface area (Å²) in [5.41, 5.74) is 0. The van der Waals surface area contributed by atoms with Gasteiger partial charge in [0.2, 0.25) is 0 Å². The molecule has 80 valence electrons. The minimum atomic E-state index is 0.281. The molecule has 0 bridgehead atoms. The lowest BCUT2D eigenvalue weighted by molar-refractivity contribution is 0.229. The third-order valence-corrected chi connectivity index (χ3v) is 3.45. The van der Waals surface area contributed by atoms with E-state index in [9.17, 15) is 0 Å². The zero-order valence-electron chi connectivity index (χ0n) is 8.16. The summed E-state index contributed by atoms with van der Waals surface area (Å²) in [4.78, 5) is 4.22. The van der Waals surface area contributed by atoms with Gasteiger partial charge in [0, 0.05) is 18.5 Å². The average molecular weight is 279 g/mol. The molecular weight excluding hydrogens is 264 g/mol. The van der Waals surface area contributed by atoms with Gasteiger partial charge < -0.3 is 10.4 Å². The van der Waals surface area contributed by atoms with E-state index in [0.717, 1.165) is 29.1 Å². The Bertz CT molecular complexity index is 267. The molecule has 0 saturated heterocycles. The quantitative estimate of drug-likeness (QED) is 0.787. The first kappa shape index (κ1) is 11.9. The third kappa shape index (κ3) is 4.39. The Morgan fingerprint density at radius 3 is 3.07 bits per heavy atom. The SMILES string of the molecule is CC(CO)CCCNc1nc(Br)cs1. The lowest BCUT2D eigenvalue weighted by atomic mass is 10.1. The molecule has 1 aromatic rings. The first-order valence-electron chi connectivity index (χ1n) is 4.68. The van der Waals surface area contributed by atoms with Crippen LogP contribution < -0.4 is 5.32 Å².